The van der Waals surface area contributed by atoms with E-state index in [0.29, 0.717) is 12.5 Å². The van der Waals surface area contributed by atoms with Crippen LogP contribution in [0.25, 0.3) is 0 Å². The van der Waals surface area contributed by atoms with Gasteiger partial charge < -0.3 is 10.1 Å². The van der Waals surface area contributed by atoms with E-state index in [0.717, 1.165) is 31.7 Å². The molecule has 0 amide bonds. The van der Waals surface area contributed by atoms with Gasteiger partial charge in [0.25, 0.3) is 0 Å². The zero-order chi connectivity index (χ0) is 15.1. The molecule has 0 bridgehead atoms. The molecule has 4 heteroatoms. The zero-order valence-electron chi connectivity index (χ0n) is 13.1. The van der Waals surface area contributed by atoms with Gasteiger partial charge in [0.1, 0.15) is 0 Å². The Kier molecular flexibility index (Phi) is 6.21. The zero-order valence-corrected chi connectivity index (χ0v) is 13.1. The van der Waals surface area contributed by atoms with Crippen molar-refractivity contribution < 1.29 is 9.53 Å². The summed E-state index contributed by atoms with van der Waals surface area (Å²) in [5.41, 5.74) is 2.30. The van der Waals surface area contributed by atoms with Crippen molar-refractivity contribution in [3.05, 3.63) is 35.4 Å². The van der Waals surface area contributed by atoms with E-state index >= 15 is 0 Å². The summed E-state index contributed by atoms with van der Waals surface area (Å²) in [6.45, 7) is 6.31. The number of hydrogen-bond acceptors (Lipinski definition) is 4. The Hall–Kier alpha value is -1.39. The van der Waals surface area contributed by atoms with Crippen molar-refractivity contribution in [2.45, 2.75) is 38.8 Å². The highest BCUT2D eigenvalue weighted by Crippen LogP contribution is 2.15. The van der Waals surface area contributed by atoms with Crippen LogP contribution in [-0.2, 0) is 22.5 Å². The van der Waals surface area contributed by atoms with Crippen LogP contribution in [-0.4, -0.2) is 43.7 Å². The molecular formula is C17H26N2O2. The van der Waals surface area contributed by atoms with Crippen LogP contribution in [0.2, 0.25) is 0 Å². The molecule has 0 aromatic heterocycles. The number of ether oxygens (including phenoxy) is 1. The molecule has 0 spiro atoms. The highest BCUT2D eigenvalue weighted by molar-refractivity contribution is 5.72. The number of nitrogens with one attached hydrogen (secondary N) is 1. The summed E-state index contributed by atoms with van der Waals surface area (Å²) in [6, 6.07) is 8.77. The van der Waals surface area contributed by atoms with Crippen molar-refractivity contribution in [1.82, 2.24) is 10.2 Å². The van der Waals surface area contributed by atoms with Gasteiger partial charge in [0, 0.05) is 19.1 Å². The second kappa shape index (κ2) is 8.15. The summed E-state index contributed by atoms with van der Waals surface area (Å²) in [4.78, 5) is 14.0. The molecule has 2 rings (SSSR count). The molecule has 1 aromatic carbocycles. The molecule has 0 radical (unpaired) electrons. The number of likely N-dealkylation sites (N-methyl/N-ethyl adjacent to an activating group) is 1. The lowest BCUT2D eigenvalue weighted by Crippen LogP contribution is -2.37. The van der Waals surface area contributed by atoms with Crippen LogP contribution in [0, 0.1) is 0 Å². The summed E-state index contributed by atoms with van der Waals surface area (Å²) in [7, 11) is 1.44. The van der Waals surface area contributed by atoms with Crippen LogP contribution < -0.4 is 5.32 Å². The Morgan fingerprint density at radius 1 is 1.38 bits per heavy atom. The van der Waals surface area contributed by atoms with Crippen molar-refractivity contribution in [3.63, 3.8) is 0 Å². The molecule has 1 aliphatic heterocycles. The second-order valence-corrected chi connectivity index (χ2v) is 5.64. The number of carbonyl (C=O) groups is 1. The standard InChI is InChI=1S/C17H26N2O2/c1-3-19(13-16-9-6-10-18-16)12-15-8-5-4-7-14(15)11-17(20)21-2/h4-5,7-8,16,18H,3,6,9-13H2,1-2H3. The van der Waals surface area contributed by atoms with E-state index in [9.17, 15) is 4.79 Å². The SMILES string of the molecule is CCN(Cc1ccccc1CC(=O)OC)CC1CCCN1. The van der Waals surface area contributed by atoms with Gasteiger partial charge in [-0.3, -0.25) is 9.69 Å². The number of esters is 1. The maximum atomic E-state index is 11.5. The lowest BCUT2D eigenvalue weighted by molar-refractivity contribution is -0.139. The summed E-state index contributed by atoms with van der Waals surface area (Å²) in [5, 5.41) is 3.55. The third-order valence-corrected chi connectivity index (χ3v) is 4.16. The quantitative estimate of drug-likeness (QED) is 0.780. The summed E-state index contributed by atoms with van der Waals surface area (Å²) in [6.07, 6.45) is 2.90. The number of nitrogens with zero attached hydrogens (tertiary/aromatic N) is 1. The van der Waals surface area contributed by atoms with Crippen molar-refractivity contribution in [2.75, 3.05) is 26.7 Å². The molecule has 1 saturated heterocycles. The van der Waals surface area contributed by atoms with Gasteiger partial charge in [-0.25, -0.2) is 0 Å². The Morgan fingerprint density at radius 3 is 2.76 bits per heavy atom. The van der Waals surface area contributed by atoms with Gasteiger partial charge >= 0.3 is 5.97 Å². The topological polar surface area (TPSA) is 41.6 Å². The van der Waals surface area contributed by atoms with Gasteiger partial charge in [-0.15, -0.1) is 0 Å². The first-order valence-corrected chi connectivity index (χ1v) is 7.82. The van der Waals surface area contributed by atoms with E-state index in [-0.39, 0.29) is 5.97 Å². The molecule has 1 N–H and O–H groups in total. The third kappa shape index (κ3) is 4.83. The van der Waals surface area contributed by atoms with Crippen LogP contribution in [0.3, 0.4) is 0 Å². The van der Waals surface area contributed by atoms with E-state index in [4.69, 9.17) is 4.74 Å². The van der Waals surface area contributed by atoms with Gasteiger partial charge in [-0.2, -0.15) is 0 Å². The molecule has 4 nitrogen and oxygen atoms in total. The monoisotopic (exact) mass is 290 g/mol. The number of hydrogen-bond donors (Lipinski definition) is 1. The average molecular weight is 290 g/mol. The van der Waals surface area contributed by atoms with Gasteiger partial charge in [-0.05, 0) is 37.1 Å². The van der Waals surface area contributed by atoms with Crippen LogP contribution in [0.4, 0.5) is 0 Å². The smallest absolute Gasteiger partial charge is 0.309 e. The first-order chi connectivity index (χ1) is 10.2. The first kappa shape index (κ1) is 16.0. The van der Waals surface area contributed by atoms with Gasteiger partial charge in [0.15, 0.2) is 0 Å². The van der Waals surface area contributed by atoms with Crippen LogP contribution >= 0.6 is 0 Å². The predicted molar refractivity (Wildman–Crippen MR) is 84.1 cm³/mol. The predicted octanol–water partition coefficient (Wildman–Crippen LogP) is 1.98. The van der Waals surface area contributed by atoms with Crippen molar-refractivity contribution >= 4 is 5.97 Å². The molecule has 0 saturated carbocycles. The van der Waals surface area contributed by atoms with E-state index in [1.54, 1.807) is 0 Å². The molecule has 1 heterocycles. The summed E-state index contributed by atoms with van der Waals surface area (Å²) in [5.74, 6) is -0.178. The van der Waals surface area contributed by atoms with Crippen molar-refractivity contribution in [3.8, 4) is 0 Å². The first-order valence-electron chi connectivity index (χ1n) is 7.82. The normalized spacial score (nSPS) is 18.1. The molecule has 21 heavy (non-hydrogen) atoms. The molecule has 1 unspecified atom stereocenters. The molecule has 1 atom stereocenters. The van der Waals surface area contributed by atoms with Crippen LogP contribution in [0.5, 0.6) is 0 Å². The molecule has 1 aromatic rings. The number of methoxy groups -OCH3 is 1. The molecule has 116 valence electrons. The Morgan fingerprint density at radius 2 is 2.14 bits per heavy atom. The maximum Gasteiger partial charge on any atom is 0.309 e. The third-order valence-electron chi connectivity index (χ3n) is 4.16. The van der Waals surface area contributed by atoms with Crippen LogP contribution in [0.1, 0.15) is 30.9 Å². The van der Waals surface area contributed by atoms with E-state index < -0.39 is 0 Å². The van der Waals surface area contributed by atoms with Crippen molar-refractivity contribution in [2.24, 2.45) is 0 Å². The minimum absolute atomic E-state index is 0.178. The average Bonchev–Trinajstić information content (AvgIpc) is 3.01. The van der Waals surface area contributed by atoms with E-state index in [1.165, 1.54) is 25.5 Å². The highest BCUT2D eigenvalue weighted by atomic mass is 16.5. The minimum Gasteiger partial charge on any atom is -0.469 e. The number of rotatable bonds is 7. The van der Waals surface area contributed by atoms with E-state index in [1.807, 2.05) is 18.2 Å². The molecule has 1 fully saturated rings. The molecule has 0 aliphatic carbocycles. The number of carbonyl (C=O) groups excluding carboxylic acids is 1. The van der Waals surface area contributed by atoms with Crippen molar-refractivity contribution in [1.29, 1.82) is 0 Å². The lowest BCUT2D eigenvalue weighted by atomic mass is 10.0. The minimum atomic E-state index is -0.178. The van der Waals surface area contributed by atoms with Gasteiger partial charge in [-0.1, -0.05) is 31.2 Å². The molecular weight excluding hydrogens is 264 g/mol. The summed E-state index contributed by atoms with van der Waals surface area (Å²) < 4.78 is 4.79. The van der Waals surface area contributed by atoms with E-state index in [2.05, 4.69) is 23.2 Å². The summed E-state index contributed by atoms with van der Waals surface area (Å²) >= 11 is 0. The van der Waals surface area contributed by atoms with Gasteiger partial charge in [0.05, 0.1) is 13.5 Å². The highest BCUT2D eigenvalue weighted by Gasteiger charge is 2.18. The van der Waals surface area contributed by atoms with Gasteiger partial charge in [0.2, 0.25) is 0 Å². The Bertz CT molecular complexity index is 456. The lowest BCUT2D eigenvalue weighted by Gasteiger charge is -2.25. The second-order valence-electron chi connectivity index (χ2n) is 5.64. The fourth-order valence-corrected chi connectivity index (χ4v) is 2.88. The Labute approximate surface area is 127 Å². The molecule has 1 aliphatic rings. The Balaban J connectivity index is 2.00. The largest absolute Gasteiger partial charge is 0.469 e. The van der Waals surface area contributed by atoms with Crippen LogP contribution in [0.15, 0.2) is 24.3 Å². The maximum absolute atomic E-state index is 11.5. The fourth-order valence-electron chi connectivity index (χ4n) is 2.88. The number of benzene rings is 1. The fraction of sp³-hybridized carbons (Fsp3) is 0.588.